The van der Waals surface area contributed by atoms with Gasteiger partial charge in [-0.05, 0) is 55.2 Å². The molecule has 0 fully saturated rings. The fraction of sp³-hybridized carbons (Fsp3) is 0.440. The van der Waals surface area contributed by atoms with E-state index in [1.54, 1.807) is 18.9 Å². The average molecular weight is 441 g/mol. The summed E-state index contributed by atoms with van der Waals surface area (Å²) in [4.78, 5) is 27.6. The molecule has 2 aromatic rings. The number of nitrogens with one attached hydrogen (secondary N) is 1. The number of methoxy groups -OCH3 is 1. The van der Waals surface area contributed by atoms with Crippen LogP contribution in [0, 0.1) is 0 Å². The van der Waals surface area contributed by atoms with Gasteiger partial charge in [-0.25, -0.2) is 0 Å². The zero-order valence-corrected chi connectivity index (χ0v) is 19.1. The number of aryl methyl sites for hydroxylation is 1. The van der Waals surface area contributed by atoms with Crippen molar-refractivity contribution in [2.45, 2.75) is 52.1 Å². The number of nitrogens with zero attached hydrogens (tertiary/aromatic N) is 1. The molecule has 1 atom stereocenters. The van der Waals surface area contributed by atoms with Crippen molar-refractivity contribution < 1.29 is 23.8 Å². The molecule has 7 heteroatoms. The van der Waals surface area contributed by atoms with Gasteiger partial charge in [-0.2, -0.15) is 0 Å². The molecule has 1 unspecified atom stereocenters. The first kappa shape index (κ1) is 23.4. The zero-order valence-electron chi connectivity index (χ0n) is 19.1. The maximum Gasteiger partial charge on any atom is 0.242 e. The highest BCUT2D eigenvalue weighted by Gasteiger charge is 2.26. The molecule has 1 N–H and O–H groups in total. The van der Waals surface area contributed by atoms with Gasteiger partial charge in [-0.1, -0.05) is 31.5 Å². The highest BCUT2D eigenvalue weighted by atomic mass is 16.7. The molecule has 172 valence electrons. The predicted molar refractivity (Wildman–Crippen MR) is 122 cm³/mol. The van der Waals surface area contributed by atoms with Crippen molar-refractivity contribution in [3.63, 3.8) is 0 Å². The second kappa shape index (κ2) is 11.4. The van der Waals surface area contributed by atoms with Gasteiger partial charge in [0, 0.05) is 19.5 Å². The van der Waals surface area contributed by atoms with Crippen LogP contribution < -0.4 is 19.5 Å². The zero-order chi connectivity index (χ0) is 22.9. The van der Waals surface area contributed by atoms with Gasteiger partial charge in [0.15, 0.2) is 11.5 Å². The van der Waals surface area contributed by atoms with Crippen LogP contribution in [0.2, 0.25) is 0 Å². The quantitative estimate of drug-likeness (QED) is 0.539. The van der Waals surface area contributed by atoms with Crippen LogP contribution in [0.3, 0.4) is 0 Å². The molecular weight excluding hydrogens is 408 g/mol. The van der Waals surface area contributed by atoms with Crippen LogP contribution in [0.15, 0.2) is 42.5 Å². The Hall–Kier alpha value is -3.22. The number of amides is 2. The van der Waals surface area contributed by atoms with E-state index in [0.29, 0.717) is 25.3 Å². The number of carbonyl (C=O) groups is 2. The van der Waals surface area contributed by atoms with Gasteiger partial charge in [0.2, 0.25) is 18.6 Å². The van der Waals surface area contributed by atoms with Crippen molar-refractivity contribution in [1.82, 2.24) is 10.2 Å². The minimum absolute atomic E-state index is 0.0800. The summed E-state index contributed by atoms with van der Waals surface area (Å²) < 4.78 is 16.1. The molecule has 32 heavy (non-hydrogen) atoms. The Morgan fingerprint density at radius 1 is 1.12 bits per heavy atom. The van der Waals surface area contributed by atoms with E-state index in [-0.39, 0.29) is 25.0 Å². The first-order chi connectivity index (χ1) is 15.5. The van der Waals surface area contributed by atoms with E-state index in [1.165, 1.54) is 0 Å². The molecule has 1 aliphatic heterocycles. The molecule has 1 heterocycles. The van der Waals surface area contributed by atoms with Gasteiger partial charge in [-0.15, -0.1) is 0 Å². The van der Waals surface area contributed by atoms with Crippen molar-refractivity contribution in [3.8, 4) is 17.2 Å². The summed E-state index contributed by atoms with van der Waals surface area (Å²) in [6.45, 7) is 5.01. The fourth-order valence-electron chi connectivity index (χ4n) is 3.58. The molecule has 2 aromatic carbocycles. The number of unbranched alkanes of at least 4 members (excludes halogenated alkanes) is 1. The number of benzene rings is 2. The second-order valence-corrected chi connectivity index (χ2v) is 7.88. The van der Waals surface area contributed by atoms with E-state index in [9.17, 15) is 9.59 Å². The monoisotopic (exact) mass is 440 g/mol. The Labute approximate surface area is 189 Å². The summed E-state index contributed by atoms with van der Waals surface area (Å²) >= 11 is 0. The van der Waals surface area contributed by atoms with E-state index in [0.717, 1.165) is 35.5 Å². The highest BCUT2D eigenvalue weighted by molar-refractivity contribution is 5.87. The Morgan fingerprint density at radius 3 is 2.72 bits per heavy atom. The Balaban J connectivity index is 1.70. The molecule has 0 bridgehead atoms. The average Bonchev–Trinajstić information content (AvgIpc) is 3.28. The number of hydrogen-bond acceptors (Lipinski definition) is 5. The molecule has 0 radical (unpaired) electrons. The third kappa shape index (κ3) is 6.15. The highest BCUT2D eigenvalue weighted by Crippen LogP contribution is 2.32. The van der Waals surface area contributed by atoms with Crippen LogP contribution >= 0.6 is 0 Å². The van der Waals surface area contributed by atoms with E-state index in [2.05, 4.69) is 12.2 Å². The minimum atomic E-state index is -0.581. The number of rotatable bonds is 11. The van der Waals surface area contributed by atoms with E-state index in [1.807, 2.05) is 42.5 Å². The van der Waals surface area contributed by atoms with Crippen molar-refractivity contribution in [1.29, 1.82) is 0 Å². The second-order valence-electron chi connectivity index (χ2n) is 7.88. The molecular formula is C25H32N2O5. The Morgan fingerprint density at radius 2 is 1.94 bits per heavy atom. The molecule has 1 aliphatic rings. The predicted octanol–water partition coefficient (Wildman–Crippen LogP) is 3.69. The van der Waals surface area contributed by atoms with Crippen LogP contribution in [0.25, 0.3) is 0 Å². The summed E-state index contributed by atoms with van der Waals surface area (Å²) in [5.74, 6) is 1.92. The van der Waals surface area contributed by atoms with Crippen LogP contribution in [0.4, 0.5) is 0 Å². The summed E-state index contributed by atoms with van der Waals surface area (Å²) in [6, 6.07) is 12.7. The lowest BCUT2D eigenvalue weighted by molar-refractivity contribution is -0.140. The van der Waals surface area contributed by atoms with Crippen LogP contribution in [-0.2, 0) is 22.6 Å². The normalized spacial score (nSPS) is 12.8. The fourth-order valence-corrected chi connectivity index (χ4v) is 3.58. The topological polar surface area (TPSA) is 77.1 Å². The number of fused-ring (bicyclic) bond motifs is 1. The molecule has 0 saturated heterocycles. The van der Waals surface area contributed by atoms with Crippen LogP contribution in [-0.4, -0.2) is 43.2 Å². The molecule has 2 amide bonds. The first-order valence-electron chi connectivity index (χ1n) is 11.1. The molecule has 0 aliphatic carbocycles. The Kier molecular flexibility index (Phi) is 8.36. The number of carbonyl (C=O) groups excluding carboxylic acids is 2. The van der Waals surface area contributed by atoms with E-state index in [4.69, 9.17) is 14.2 Å². The van der Waals surface area contributed by atoms with Gasteiger partial charge in [0.25, 0.3) is 0 Å². The summed E-state index contributed by atoms with van der Waals surface area (Å²) in [5.41, 5.74) is 1.90. The smallest absolute Gasteiger partial charge is 0.242 e. The first-order valence-corrected chi connectivity index (χ1v) is 11.1. The molecule has 3 rings (SSSR count). The maximum atomic E-state index is 13.2. The summed E-state index contributed by atoms with van der Waals surface area (Å²) in [6.07, 6.45) is 2.74. The number of hydrogen-bond donors (Lipinski definition) is 1. The van der Waals surface area contributed by atoms with Crippen molar-refractivity contribution in [2.75, 3.05) is 20.4 Å². The van der Waals surface area contributed by atoms with E-state index >= 15 is 0 Å². The maximum absolute atomic E-state index is 13.2. The standard InChI is InChI=1S/C25H32N2O5/c1-4-5-13-26-25(29)18(2)27(16-20-7-6-8-21(14-20)30-3)24(28)12-10-19-9-11-22-23(15-19)32-17-31-22/h6-9,11,14-15,18H,4-5,10,12-13,16-17H2,1-3H3,(H,26,29). The lowest BCUT2D eigenvalue weighted by Gasteiger charge is -2.29. The van der Waals surface area contributed by atoms with Gasteiger partial charge < -0.3 is 24.4 Å². The van der Waals surface area contributed by atoms with Gasteiger partial charge in [0.1, 0.15) is 11.8 Å². The van der Waals surface area contributed by atoms with Crippen molar-refractivity contribution in [2.24, 2.45) is 0 Å². The lowest BCUT2D eigenvalue weighted by Crippen LogP contribution is -2.47. The summed E-state index contributed by atoms with van der Waals surface area (Å²) in [7, 11) is 1.61. The van der Waals surface area contributed by atoms with E-state index < -0.39 is 6.04 Å². The van der Waals surface area contributed by atoms with Gasteiger partial charge >= 0.3 is 0 Å². The van der Waals surface area contributed by atoms with Crippen molar-refractivity contribution in [3.05, 3.63) is 53.6 Å². The molecule has 7 nitrogen and oxygen atoms in total. The number of ether oxygens (including phenoxy) is 3. The summed E-state index contributed by atoms with van der Waals surface area (Å²) in [5, 5.41) is 2.94. The minimum Gasteiger partial charge on any atom is -0.497 e. The van der Waals surface area contributed by atoms with Gasteiger partial charge in [-0.3, -0.25) is 9.59 Å². The van der Waals surface area contributed by atoms with Crippen molar-refractivity contribution >= 4 is 11.8 Å². The molecule has 0 aromatic heterocycles. The largest absolute Gasteiger partial charge is 0.497 e. The third-order valence-electron chi connectivity index (χ3n) is 5.55. The molecule has 0 spiro atoms. The SMILES string of the molecule is CCCCNC(=O)C(C)N(Cc1cccc(OC)c1)C(=O)CCc1ccc2c(c1)OCO2. The van der Waals surface area contributed by atoms with Crippen LogP contribution in [0.1, 0.15) is 44.2 Å². The third-order valence-corrected chi connectivity index (χ3v) is 5.55. The Bertz CT molecular complexity index is 930. The lowest BCUT2D eigenvalue weighted by atomic mass is 10.1. The van der Waals surface area contributed by atoms with Crippen LogP contribution in [0.5, 0.6) is 17.2 Å². The molecule has 0 saturated carbocycles. The van der Waals surface area contributed by atoms with Gasteiger partial charge in [0.05, 0.1) is 7.11 Å².